The second-order valence-corrected chi connectivity index (χ2v) is 5.99. The van der Waals surface area contributed by atoms with Crippen LogP contribution in [0.1, 0.15) is 72.6 Å². The standard InChI is InChI=1S/C18H32O4/c1-5-21-17(19)11-6-7-12-18(20)22-14-13-16(4)10-8-9-15(2)3/h9,16H,5-8,10-14H2,1-4H3. The highest BCUT2D eigenvalue weighted by Crippen LogP contribution is 2.12. The van der Waals surface area contributed by atoms with Crippen molar-refractivity contribution in [3.63, 3.8) is 0 Å². The van der Waals surface area contributed by atoms with E-state index >= 15 is 0 Å². The zero-order valence-corrected chi connectivity index (χ0v) is 14.7. The molecule has 4 nitrogen and oxygen atoms in total. The summed E-state index contributed by atoms with van der Waals surface area (Å²) >= 11 is 0. The van der Waals surface area contributed by atoms with E-state index in [9.17, 15) is 9.59 Å². The van der Waals surface area contributed by atoms with Gasteiger partial charge in [-0.2, -0.15) is 0 Å². The molecule has 0 saturated heterocycles. The third-order valence-corrected chi connectivity index (χ3v) is 3.40. The van der Waals surface area contributed by atoms with Crippen molar-refractivity contribution < 1.29 is 19.1 Å². The summed E-state index contributed by atoms with van der Waals surface area (Å²) in [6.07, 6.45) is 7.47. The minimum atomic E-state index is -0.193. The molecule has 128 valence electrons. The summed E-state index contributed by atoms with van der Waals surface area (Å²) in [5.74, 6) is 0.202. The summed E-state index contributed by atoms with van der Waals surface area (Å²) in [6, 6.07) is 0. The van der Waals surface area contributed by atoms with Gasteiger partial charge in [0.15, 0.2) is 0 Å². The SMILES string of the molecule is CCOC(=O)CCCCC(=O)OCCC(C)CCC=C(C)C. The van der Waals surface area contributed by atoms with Gasteiger partial charge in [0.05, 0.1) is 13.2 Å². The van der Waals surface area contributed by atoms with E-state index in [2.05, 4.69) is 26.8 Å². The van der Waals surface area contributed by atoms with Gasteiger partial charge in [-0.1, -0.05) is 18.6 Å². The molecule has 0 aliphatic rings. The molecule has 1 unspecified atom stereocenters. The molecule has 0 saturated carbocycles. The number of unbranched alkanes of at least 4 members (excludes halogenated alkanes) is 1. The average Bonchev–Trinajstić information content (AvgIpc) is 2.43. The van der Waals surface area contributed by atoms with Crippen LogP contribution in [0.5, 0.6) is 0 Å². The number of hydrogen-bond donors (Lipinski definition) is 0. The number of hydrogen-bond acceptors (Lipinski definition) is 4. The lowest BCUT2D eigenvalue weighted by Crippen LogP contribution is -2.09. The molecule has 0 aliphatic carbocycles. The van der Waals surface area contributed by atoms with Crippen molar-refractivity contribution in [2.75, 3.05) is 13.2 Å². The Labute approximate surface area is 135 Å². The van der Waals surface area contributed by atoms with Crippen molar-refractivity contribution in [1.82, 2.24) is 0 Å². The van der Waals surface area contributed by atoms with E-state index in [4.69, 9.17) is 9.47 Å². The molecule has 0 radical (unpaired) electrons. The van der Waals surface area contributed by atoms with Crippen molar-refractivity contribution in [3.05, 3.63) is 11.6 Å². The van der Waals surface area contributed by atoms with E-state index in [1.807, 2.05) is 0 Å². The van der Waals surface area contributed by atoms with Crippen molar-refractivity contribution >= 4 is 11.9 Å². The van der Waals surface area contributed by atoms with Crippen LogP contribution in [0.25, 0.3) is 0 Å². The largest absolute Gasteiger partial charge is 0.466 e. The lowest BCUT2D eigenvalue weighted by molar-refractivity contribution is -0.145. The molecule has 0 aromatic carbocycles. The Balaban J connectivity index is 3.53. The highest BCUT2D eigenvalue weighted by atomic mass is 16.5. The van der Waals surface area contributed by atoms with Crippen molar-refractivity contribution in [2.45, 2.75) is 72.6 Å². The van der Waals surface area contributed by atoms with E-state index in [0.717, 1.165) is 19.3 Å². The summed E-state index contributed by atoms with van der Waals surface area (Å²) in [4.78, 5) is 22.7. The molecule has 0 rings (SSSR count). The third-order valence-electron chi connectivity index (χ3n) is 3.40. The predicted molar refractivity (Wildman–Crippen MR) is 88.5 cm³/mol. The van der Waals surface area contributed by atoms with Gasteiger partial charge in [0.25, 0.3) is 0 Å². The predicted octanol–water partition coefficient (Wildman–Crippen LogP) is 4.43. The Hall–Kier alpha value is -1.32. The van der Waals surface area contributed by atoms with Crippen LogP contribution in [0.3, 0.4) is 0 Å². The molecule has 0 bridgehead atoms. The fourth-order valence-corrected chi connectivity index (χ4v) is 2.02. The quantitative estimate of drug-likeness (QED) is 0.304. The first-order valence-corrected chi connectivity index (χ1v) is 8.40. The zero-order valence-electron chi connectivity index (χ0n) is 14.7. The van der Waals surface area contributed by atoms with Gasteiger partial charge in [0.1, 0.15) is 0 Å². The highest BCUT2D eigenvalue weighted by Gasteiger charge is 2.07. The Morgan fingerprint density at radius 3 is 2.14 bits per heavy atom. The molecule has 22 heavy (non-hydrogen) atoms. The molecule has 0 N–H and O–H groups in total. The van der Waals surface area contributed by atoms with Gasteiger partial charge < -0.3 is 9.47 Å². The Morgan fingerprint density at radius 2 is 1.59 bits per heavy atom. The summed E-state index contributed by atoms with van der Waals surface area (Å²) in [5, 5.41) is 0. The topological polar surface area (TPSA) is 52.6 Å². The maximum absolute atomic E-state index is 11.6. The van der Waals surface area contributed by atoms with E-state index in [1.165, 1.54) is 5.57 Å². The first kappa shape index (κ1) is 20.7. The first-order valence-electron chi connectivity index (χ1n) is 8.40. The number of carbonyl (C=O) groups excluding carboxylic acids is 2. The maximum Gasteiger partial charge on any atom is 0.305 e. The van der Waals surface area contributed by atoms with Gasteiger partial charge in [0, 0.05) is 12.8 Å². The van der Waals surface area contributed by atoms with E-state index in [0.29, 0.717) is 44.8 Å². The number of rotatable bonds is 12. The van der Waals surface area contributed by atoms with Crippen LogP contribution >= 0.6 is 0 Å². The van der Waals surface area contributed by atoms with Crippen molar-refractivity contribution in [2.24, 2.45) is 5.92 Å². The Bertz CT molecular complexity index is 343. The summed E-state index contributed by atoms with van der Waals surface area (Å²) in [5.41, 5.74) is 1.35. The summed E-state index contributed by atoms with van der Waals surface area (Å²) < 4.78 is 10.1. The highest BCUT2D eigenvalue weighted by molar-refractivity contribution is 5.70. The van der Waals surface area contributed by atoms with E-state index in [-0.39, 0.29) is 11.9 Å². The van der Waals surface area contributed by atoms with Crippen LogP contribution in [-0.2, 0) is 19.1 Å². The van der Waals surface area contributed by atoms with Crippen LogP contribution in [0.15, 0.2) is 11.6 Å². The van der Waals surface area contributed by atoms with Crippen molar-refractivity contribution in [1.29, 1.82) is 0 Å². The smallest absolute Gasteiger partial charge is 0.305 e. The Morgan fingerprint density at radius 1 is 1.00 bits per heavy atom. The number of esters is 2. The molecule has 0 fully saturated rings. The Kier molecular flexibility index (Phi) is 12.5. The van der Waals surface area contributed by atoms with Gasteiger partial charge in [-0.05, 0) is 58.8 Å². The molecule has 1 atom stereocenters. The number of allylic oxidation sites excluding steroid dienone is 2. The molecule has 0 aliphatic heterocycles. The fraction of sp³-hybridized carbons (Fsp3) is 0.778. The molecule has 4 heteroatoms. The fourth-order valence-electron chi connectivity index (χ4n) is 2.02. The van der Waals surface area contributed by atoms with Gasteiger partial charge >= 0.3 is 11.9 Å². The first-order chi connectivity index (χ1) is 10.5. The third kappa shape index (κ3) is 13.7. The zero-order chi connectivity index (χ0) is 16.8. The summed E-state index contributed by atoms with van der Waals surface area (Å²) in [7, 11) is 0. The summed E-state index contributed by atoms with van der Waals surface area (Å²) in [6.45, 7) is 9.09. The van der Waals surface area contributed by atoms with Crippen LogP contribution in [0.2, 0.25) is 0 Å². The monoisotopic (exact) mass is 312 g/mol. The van der Waals surface area contributed by atoms with Crippen LogP contribution in [0, 0.1) is 5.92 Å². The molecular formula is C18H32O4. The average molecular weight is 312 g/mol. The molecule has 0 amide bonds. The van der Waals surface area contributed by atoms with Crippen LogP contribution in [-0.4, -0.2) is 25.2 Å². The van der Waals surface area contributed by atoms with Crippen molar-refractivity contribution in [3.8, 4) is 0 Å². The lowest BCUT2D eigenvalue weighted by atomic mass is 10.0. The molecular weight excluding hydrogens is 280 g/mol. The van der Waals surface area contributed by atoms with Crippen LogP contribution in [0.4, 0.5) is 0 Å². The molecule has 0 heterocycles. The van der Waals surface area contributed by atoms with E-state index in [1.54, 1.807) is 6.92 Å². The van der Waals surface area contributed by atoms with Gasteiger partial charge in [-0.25, -0.2) is 0 Å². The lowest BCUT2D eigenvalue weighted by Gasteiger charge is -2.10. The second kappa shape index (κ2) is 13.4. The number of ether oxygens (including phenoxy) is 2. The van der Waals surface area contributed by atoms with Gasteiger partial charge in [-0.15, -0.1) is 0 Å². The molecule has 0 aromatic rings. The van der Waals surface area contributed by atoms with Gasteiger partial charge in [-0.3, -0.25) is 9.59 Å². The molecule has 0 spiro atoms. The van der Waals surface area contributed by atoms with Gasteiger partial charge in [0.2, 0.25) is 0 Å². The maximum atomic E-state index is 11.6. The number of carbonyl (C=O) groups is 2. The second-order valence-electron chi connectivity index (χ2n) is 5.99. The normalized spacial score (nSPS) is 11.6. The van der Waals surface area contributed by atoms with Crippen LogP contribution < -0.4 is 0 Å². The van der Waals surface area contributed by atoms with E-state index < -0.39 is 0 Å². The minimum Gasteiger partial charge on any atom is -0.466 e. The minimum absolute atomic E-state index is 0.166. The molecule has 0 aromatic heterocycles.